The molecule has 0 radical (unpaired) electrons. The Hall–Kier alpha value is -1.46. The molecule has 3 rings (SSSR count). The maximum atomic E-state index is 13.4. The van der Waals surface area contributed by atoms with Crippen molar-refractivity contribution in [1.29, 1.82) is 0 Å². The summed E-state index contributed by atoms with van der Waals surface area (Å²) in [7, 11) is -4.07. The summed E-state index contributed by atoms with van der Waals surface area (Å²) in [5.41, 5.74) is 0.612. The Morgan fingerprint density at radius 1 is 1.22 bits per heavy atom. The second-order valence-corrected chi connectivity index (χ2v) is 7.82. The van der Waals surface area contributed by atoms with E-state index in [2.05, 4.69) is 15.0 Å². The molecule has 0 saturated carbocycles. The van der Waals surface area contributed by atoms with E-state index in [-0.39, 0.29) is 30.4 Å². The van der Waals surface area contributed by atoms with Crippen LogP contribution in [0.2, 0.25) is 0 Å². The molecular formula is C16H20ClF3N4O2S. The third kappa shape index (κ3) is 5.29. The Morgan fingerprint density at radius 3 is 2.59 bits per heavy atom. The van der Waals surface area contributed by atoms with Crippen molar-refractivity contribution < 1.29 is 21.6 Å². The van der Waals surface area contributed by atoms with E-state index in [0.29, 0.717) is 24.0 Å². The number of halogens is 4. The van der Waals surface area contributed by atoms with Gasteiger partial charge >= 0.3 is 6.18 Å². The Labute approximate surface area is 161 Å². The molecule has 2 aromatic rings. The van der Waals surface area contributed by atoms with Crippen molar-refractivity contribution in [3.8, 4) is 0 Å². The second kappa shape index (κ2) is 8.70. The van der Waals surface area contributed by atoms with Gasteiger partial charge in [0.2, 0.25) is 10.0 Å². The van der Waals surface area contributed by atoms with Crippen molar-refractivity contribution in [2.45, 2.75) is 17.1 Å². The minimum Gasteiger partial charge on any atom is -0.314 e. The van der Waals surface area contributed by atoms with Gasteiger partial charge in [-0.05, 0) is 24.3 Å². The van der Waals surface area contributed by atoms with Crippen molar-refractivity contribution in [3.63, 3.8) is 0 Å². The summed E-state index contributed by atoms with van der Waals surface area (Å²) in [6.07, 6.45) is -2.94. The lowest BCUT2D eigenvalue weighted by Crippen LogP contribution is -2.57. The van der Waals surface area contributed by atoms with Crippen LogP contribution in [0.25, 0.3) is 10.9 Å². The largest absolute Gasteiger partial charge is 0.405 e. The topological polar surface area (TPSA) is 74.3 Å². The minimum absolute atomic E-state index is 0. The van der Waals surface area contributed by atoms with Gasteiger partial charge in [0, 0.05) is 44.3 Å². The van der Waals surface area contributed by atoms with E-state index < -0.39 is 28.8 Å². The zero-order valence-electron chi connectivity index (χ0n) is 14.2. The fourth-order valence-electron chi connectivity index (χ4n) is 2.94. The van der Waals surface area contributed by atoms with Crippen LogP contribution in [-0.2, 0) is 10.0 Å². The van der Waals surface area contributed by atoms with E-state index in [0.717, 1.165) is 0 Å². The lowest BCUT2D eigenvalue weighted by molar-refractivity contribution is -0.182. The number of benzene rings is 1. The molecule has 1 aliphatic rings. The number of rotatable bonds is 5. The Balaban J connectivity index is 0.00000261. The molecule has 1 unspecified atom stereocenters. The zero-order chi connectivity index (χ0) is 18.8. The van der Waals surface area contributed by atoms with Gasteiger partial charge in [-0.15, -0.1) is 12.4 Å². The number of aromatic nitrogens is 1. The Morgan fingerprint density at radius 2 is 1.93 bits per heavy atom. The second-order valence-electron chi connectivity index (χ2n) is 6.05. The molecule has 150 valence electrons. The summed E-state index contributed by atoms with van der Waals surface area (Å²) in [5, 5.41) is 3.58. The average molecular weight is 425 g/mol. The van der Waals surface area contributed by atoms with Crippen molar-refractivity contribution in [3.05, 3.63) is 36.5 Å². The molecule has 1 aromatic carbocycles. The highest BCUT2D eigenvalue weighted by molar-refractivity contribution is 7.89. The summed E-state index contributed by atoms with van der Waals surface area (Å²) in [5.74, 6) is 0. The van der Waals surface area contributed by atoms with E-state index in [1.165, 1.54) is 23.1 Å². The highest BCUT2D eigenvalue weighted by Gasteiger charge is 2.44. The lowest BCUT2D eigenvalue weighted by Gasteiger charge is -2.35. The molecule has 1 saturated heterocycles. The van der Waals surface area contributed by atoms with Gasteiger partial charge in [0.25, 0.3) is 0 Å². The fourth-order valence-corrected chi connectivity index (χ4v) is 4.01. The average Bonchev–Trinajstić information content (AvgIpc) is 2.61. The van der Waals surface area contributed by atoms with Crippen molar-refractivity contribution in [2.24, 2.45) is 0 Å². The van der Waals surface area contributed by atoms with Gasteiger partial charge < -0.3 is 5.32 Å². The number of hydrogen-bond acceptors (Lipinski definition) is 5. The maximum absolute atomic E-state index is 13.4. The first-order chi connectivity index (χ1) is 12.3. The minimum atomic E-state index is -4.52. The quantitative estimate of drug-likeness (QED) is 0.765. The number of pyridine rings is 1. The van der Waals surface area contributed by atoms with Crippen LogP contribution in [0, 0.1) is 0 Å². The molecule has 0 spiro atoms. The number of sulfonamides is 1. The molecule has 0 amide bonds. The monoisotopic (exact) mass is 424 g/mol. The molecule has 1 fully saturated rings. The highest BCUT2D eigenvalue weighted by Crippen LogP contribution is 2.25. The molecule has 1 atom stereocenters. The molecular weight excluding hydrogens is 405 g/mol. The van der Waals surface area contributed by atoms with Crippen LogP contribution in [0.15, 0.2) is 41.4 Å². The van der Waals surface area contributed by atoms with E-state index in [4.69, 9.17) is 0 Å². The Bertz CT molecular complexity index is 873. The molecule has 0 aliphatic carbocycles. The third-order valence-electron chi connectivity index (χ3n) is 4.32. The Kier molecular flexibility index (Phi) is 7.03. The molecule has 11 heteroatoms. The predicted molar refractivity (Wildman–Crippen MR) is 98.5 cm³/mol. The van der Waals surface area contributed by atoms with Gasteiger partial charge in [0.05, 0.1) is 10.4 Å². The van der Waals surface area contributed by atoms with Crippen LogP contribution in [-0.4, -0.2) is 63.2 Å². The number of hydrogen-bond donors (Lipinski definition) is 2. The summed E-state index contributed by atoms with van der Waals surface area (Å²) in [4.78, 5) is 5.26. The zero-order valence-corrected chi connectivity index (χ0v) is 15.9. The van der Waals surface area contributed by atoms with Gasteiger partial charge in [-0.3, -0.25) is 9.88 Å². The van der Waals surface area contributed by atoms with Crippen LogP contribution in [0.4, 0.5) is 13.2 Å². The fraction of sp³-hybridized carbons (Fsp3) is 0.438. The summed E-state index contributed by atoms with van der Waals surface area (Å²) < 4.78 is 67.2. The summed E-state index contributed by atoms with van der Waals surface area (Å²) in [6.45, 7) is 0.589. The van der Waals surface area contributed by atoms with Gasteiger partial charge in [0.15, 0.2) is 0 Å². The van der Waals surface area contributed by atoms with E-state index in [9.17, 15) is 21.6 Å². The first-order valence-corrected chi connectivity index (χ1v) is 9.62. The van der Waals surface area contributed by atoms with Crippen LogP contribution in [0.1, 0.15) is 0 Å². The molecule has 1 aliphatic heterocycles. The van der Waals surface area contributed by atoms with Gasteiger partial charge in [-0.1, -0.05) is 6.07 Å². The van der Waals surface area contributed by atoms with Gasteiger partial charge in [-0.25, -0.2) is 13.1 Å². The van der Waals surface area contributed by atoms with Crippen LogP contribution >= 0.6 is 12.4 Å². The number of nitrogens with one attached hydrogen (secondary N) is 2. The SMILES string of the molecule is Cl.O=S(=O)(NCC(N1CCNCC1)C(F)(F)F)c1ccc2ncccc2c1. The molecule has 2 N–H and O–H groups in total. The first kappa shape index (κ1) is 21.8. The third-order valence-corrected chi connectivity index (χ3v) is 5.74. The number of fused-ring (bicyclic) bond motifs is 1. The molecule has 0 bridgehead atoms. The van der Waals surface area contributed by atoms with Crippen molar-refractivity contribution in [1.82, 2.24) is 19.9 Å². The molecule has 1 aromatic heterocycles. The van der Waals surface area contributed by atoms with Gasteiger partial charge in [-0.2, -0.15) is 13.2 Å². The number of piperazine rings is 1. The molecule has 6 nitrogen and oxygen atoms in total. The lowest BCUT2D eigenvalue weighted by atomic mass is 10.2. The number of nitrogens with zero attached hydrogens (tertiary/aromatic N) is 2. The summed E-state index contributed by atoms with van der Waals surface area (Å²) >= 11 is 0. The van der Waals surface area contributed by atoms with Gasteiger partial charge in [0.1, 0.15) is 6.04 Å². The summed E-state index contributed by atoms with van der Waals surface area (Å²) in [6, 6.07) is 5.77. The predicted octanol–water partition coefficient (Wildman–Crippen LogP) is 1.77. The van der Waals surface area contributed by atoms with Crippen molar-refractivity contribution in [2.75, 3.05) is 32.7 Å². The molecule has 2 heterocycles. The van der Waals surface area contributed by atoms with Crippen molar-refractivity contribution >= 4 is 33.3 Å². The smallest absolute Gasteiger partial charge is 0.314 e. The van der Waals surface area contributed by atoms with Crippen LogP contribution in [0.3, 0.4) is 0 Å². The number of alkyl halides is 3. The normalized spacial score (nSPS) is 17.4. The van der Waals surface area contributed by atoms with Crippen LogP contribution in [0.5, 0.6) is 0 Å². The standard InChI is InChI=1S/C16H19F3N4O2S.ClH/c17-16(18,19)15(23-8-6-20-7-9-23)11-22-26(24,25)13-3-4-14-12(10-13)2-1-5-21-14;/h1-5,10,15,20,22H,6-9,11H2;1H. The highest BCUT2D eigenvalue weighted by atomic mass is 35.5. The van der Waals surface area contributed by atoms with Crippen LogP contribution < -0.4 is 10.0 Å². The maximum Gasteiger partial charge on any atom is 0.405 e. The molecule has 27 heavy (non-hydrogen) atoms. The van der Waals surface area contributed by atoms with E-state index in [1.54, 1.807) is 18.3 Å². The first-order valence-electron chi connectivity index (χ1n) is 8.13. The van der Waals surface area contributed by atoms with E-state index in [1.807, 2.05) is 0 Å². The van der Waals surface area contributed by atoms with E-state index >= 15 is 0 Å².